The number of hydrogen-bond acceptors (Lipinski definition) is 2. The molecule has 0 spiro atoms. The Morgan fingerprint density at radius 1 is 1.11 bits per heavy atom. The summed E-state index contributed by atoms with van der Waals surface area (Å²) in [5.74, 6) is 0. The van der Waals surface area contributed by atoms with Crippen LogP contribution in [0, 0.1) is 0 Å². The van der Waals surface area contributed by atoms with E-state index in [1.165, 1.54) is 0 Å². The maximum atomic E-state index is 8.88. The monoisotopic (exact) mass is 474 g/mol. The molecule has 0 atom stereocenters. The van der Waals surface area contributed by atoms with Gasteiger partial charge in [0.2, 0.25) is 0 Å². The number of hydrogen-bond donors (Lipinski definition) is 3. The molecule has 0 bridgehead atoms. The fourth-order valence-corrected chi connectivity index (χ4v) is 0. The average Bonchev–Trinajstić information content (AvgIpc) is 1.36. The minimum atomic E-state index is -4.64. The zero-order valence-electron chi connectivity index (χ0n) is 4.02. The van der Waals surface area contributed by atoms with Crippen molar-refractivity contribution >= 4 is 70.3 Å². The van der Waals surface area contributed by atoms with Gasteiger partial charge < -0.3 is 14.7 Å². The van der Waals surface area contributed by atoms with Crippen LogP contribution in [0.25, 0.3) is 0 Å². The molecule has 9 heavy (non-hydrogen) atoms. The van der Waals surface area contributed by atoms with E-state index in [1.54, 1.807) is 0 Å². The Balaban J connectivity index is -0.0000000286. The summed E-state index contributed by atoms with van der Waals surface area (Å²) in [5, 5.41) is 0. The van der Waals surface area contributed by atoms with E-state index >= 15 is 0 Å². The van der Waals surface area contributed by atoms with Crippen LogP contribution in [0.3, 0.4) is 0 Å². The van der Waals surface area contributed by atoms with Gasteiger partial charge in [-0.1, -0.05) is 0 Å². The van der Waals surface area contributed by atoms with Crippen LogP contribution in [0.4, 0.5) is 0 Å². The Morgan fingerprint density at radius 2 is 1.11 bits per heavy atom. The normalized spacial score (nSPS) is 7.00. The Bertz CT molecular complexity index is 72.8. The summed E-state index contributed by atoms with van der Waals surface area (Å²) in [6, 6.07) is 0. The fraction of sp³-hybridized carbons (Fsp3) is 0. The van der Waals surface area contributed by atoms with Gasteiger partial charge >= 0.3 is 74.0 Å². The molecule has 0 radical (unpaired) electrons. The fourth-order valence-electron chi connectivity index (χ4n) is 0. The van der Waals surface area contributed by atoms with Crippen molar-refractivity contribution in [2.45, 2.75) is 0 Å². The van der Waals surface area contributed by atoms with Gasteiger partial charge in [-0.2, -0.15) is 0 Å². The first-order valence-electron chi connectivity index (χ1n) is 1.07. The van der Waals surface area contributed by atoms with Gasteiger partial charge in [0.15, 0.2) is 0 Å². The van der Waals surface area contributed by atoms with E-state index in [0.29, 0.717) is 0 Å². The SMILES string of the molecule is O=P(O)(O)O.[BiH3].[GaH3].[O]=[GeH2]. The summed E-state index contributed by atoms with van der Waals surface area (Å²) in [4.78, 5) is 21.6. The van der Waals surface area contributed by atoms with E-state index in [2.05, 4.69) is 0 Å². The molecular formula is H11BiGaGeO5P. The third-order valence-electron chi connectivity index (χ3n) is 0. The van der Waals surface area contributed by atoms with E-state index < -0.39 is 7.82 Å². The summed E-state index contributed by atoms with van der Waals surface area (Å²) in [7, 11) is -4.64. The second-order valence-electron chi connectivity index (χ2n) is 0.513. The maximum absolute atomic E-state index is 8.88. The van der Waals surface area contributed by atoms with Crippen LogP contribution in [0.15, 0.2) is 0 Å². The van der Waals surface area contributed by atoms with Crippen molar-refractivity contribution in [2.24, 2.45) is 0 Å². The number of phosphoric acid groups is 1. The predicted octanol–water partition coefficient (Wildman–Crippen LogP) is -4.33. The Labute approximate surface area is 92.5 Å². The summed E-state index contributed by atoms with van der Waals surface area (Å²) in [6.45, 7) is 0. The van der Waals surface area contributed by atoms with E-state index in [-0.39, 0.29) is 62.4 Å². The van der Waals surface area contributed by atoms with Gasteiger partial charge in [-0.25, -0.2) is 4.57 Å². The summed E-state index contributed by atoms with van der Waals surface area (Å²) < 4.78 is 17.3. The molecule has 0 aliphatic rings. The molecule has 0 saturated heterocycles. The zero-order valence-corrected chi connectivity index (χ0v) is 13.4. The quantitative estimate of drug-likeness (QED) is 0.245. The molecule has 0 unspecified atom stereocenters. The third kappa shape index (κ3) is 163. The summed E-state index contributed by atoms with van der Waals surface area (Å²) in [6.07, 6.45) is 0. The van der Waals surface area contributed by atoms with Gasteiger partial charge in [-0.05, 0) is 0 Å². The molecule has 9 heteroatoms. The molecule has 58 valence electrons. The van der Waals surface area contributed by atoms with Crippen molar-refractivity contribution in [3.8, 4) is 0 Å². The molecule has 0 rings (SSSR count). The van der Waals surface area contributed by atoms with Crippen molar-refractivity contribution in [1.82, 2.24) is 0 Å². The molecule has 0 aliphatic heterocycles. The molecule has 0 aromatic heterocycles. The molecule has 0 heterocycles. The molecule has 0 aromatic rings. The molecular weight excluding hydrogens is 462 g/mol. The first kappa shape index (κ1) is 22.4. The second-order valence-corrected chi connectivity index (χ2v) is 1.54. The van der Waals surface area contributed by atoms with E-state index in [1.807, 2.05) is 0 Å². The van der Waals surface area contributed by atoms with Gasteiger partial charge in [0, 0.05) is 0 Å². The van der Waals surface area contributed by atoms with Crippen LogP contribution in [-0.2, 0) is 8.34 Å². The van der Waals surface area contributed by atoms with Gasteiger partial charge in [0.1, 0.15) is 0 Å². The van der Waals surface area contributed by atoms with Gasteiger partial charge in [-0.15, -0.1) is 0 Å². The van der Waals surface area contributed by atoms with Gasteiger partial charge in [0.25, 0.3) is 0 Å². The van der Waals surface area contributed by atoms with E-state index in [0.717, 1.165) is 0 Å². The molecule has 0 amide bonds. The summed E-state index contributed by atoms with van der Waals surface area (Å²) in [5.41, 5.74) is 0. The molecule has 5 nitrogen and oxygen atoms in total. The van der Waals surface area contributed by atoms with Crippen molar-refractivity contribution in [3.63, 3.8) is 0 Å². The third-order valence-corrected chi connectivity index (χ3v) is 0. The first-order chi connectivity index (χ1) is 3.00. The molecule has 3 N–H and O–H groups in total. The first-order valence-corrected chi connectivity index (χ1v) is 3.85. The van der Waals surface area contributed by atoms with Gasteiger partial charge in [0.05, 0.1) is 0 Å². The molecule has 0 fully saturated rings. The number of rotatable bonds is 0. The van der Waals surface area contributed by atoms with Crippen LogP contribution in [0.5, 0.6) is 0 Å². The second kappa shape index (κ2) is 12.6. The Kier molecular flexibility index (Phi) is 31.5. The average molecular weight is 473 g/mol. The van der Waals surface area contributed by atoms with Crippen LogP contribution >= 0.6 is 7.82 Å². The molecule has 0 saturated carbocycles. The van der Waals surface area contributed by atoms with Crippen molar-refractivity contribution in [3.05, 3.63) is 0 Å². The van der Waals surface area contributed by atoms with E-state index in [4.69, 9.17) is 23.0 Å². The van der Waals surface area contributed by atoms with Crippen LogP contribution in [0.1, 0.15) is 0 Å². The Hall–Kier alpha value is 1.97. The molecule has 0 aliphatic carbocycles. The standard InChI is InChI=1S/Bi.Ga.GeH2O.H3O4P.6H/c;;1-2;1-5(2,3)4;;;;;;/h;;1H2;(H3,1,2,3,4);;;;;;. The topological polar surface area (TPSA) is 94.8 Å². The predicted molar refractivity (Wildman–Crippen MR) is 43.4 cm³/mol. The van der Waals surface area contributed by atoms with Crippen molar-refractivity contribution in [2.75, 3.05) is 0 Å². The Morgan fingerprint density at radius 3 is 1.11 bits per heavy atom. The van der Waals surface area contributed by atoms with Crippen LogP contribution in [-0.4, -0.2) is 77.1 Å². The van der Waals surface area contributed by atoms with Crippen LogP contribution < -0.4 is 0 Å². The zero-order chi connectivity index (χ0) is 6.50. The minimum absolute atomic E-state index is 0. The van der Waals surface area contributed by atoms with Crippen molar-refractivity contribution in [1.29, 1.82) is 0 Å². The van der Waals surface area contributed by atoms with Crippen molar-refractivity contribution < 1.29 is 23.0 Å². The van der Waals surface area contributed by atoms with Gasteiger partial charge in [-0.3, -0.25) is 0 Å². The van der Waals surface area contributed by atoms with Crippen LogP contribution in [0.2, 0.25) is 0 Å². The molecule has 0 aromatic carbocycles. The summed E-state index contributed by atoms with van der Waals surface area (Å²) >= 11 is 0.125. The van der Waals surface area contributed by atoms with E-state index in [9.17, 15) is 0 Å².